The standard InChI is InChI=1S/C18H21Cl2N3O/c1-11-15(9-12-5-7-13(21)8-6-12)22-10-23(18(11)24)16-4-2-3-14(19)17(16)20/h2-4,10,12-13H,5-9,21H2,1H3. The number of hydrogen-bond donors (Lipinski definition) is 1. The van der Waals surface area contributed by atoms with Gasteiger partial charge in [-0.1, -0.05) is 29.3 Å². The summed E-state index contributed by atoms with van der Waals surface area (Å²) in [4.78, 5) is 17.3. The van der Waals surface area contributed by atoms with Gasteiger partial charge >= 0.3 is 0 Å². The maximum Gasteiger partial charge on any atom is 0.261 e. The van der Waals surface area contributed by atoms with Crippen molar-refractivity contribution < 1.29 is 0 Å². The van der Waals surface area contributed by atoms with Gasteiger partial charge < -0.3 is 5.73 Å². The minimum atomic E-state index is -0.100. The van der Waals surface area contributed by atoms with E-state index >= 15 is 0 Å². The van der Waals surface area contributed by atoms with Crippen molar-refractivity contribution in [2.45, 2.75) is 45.1 Å². The molecule has 0 spiro atoms. The summed E-state index contributed by atoms with van der Waals surface area (Å²) in [7, 11) is 0. The molecule has 1 saturated carbocycles. The van der Waals surface area contributed by atoms with Gasteiger partial charge in [-0.3, -0.25) is 9.36 Å². The Balaban J connectivity index is 1.89. The molecule has 0 saturated heterocycles. The summed E-state index contributed by atoms with van der Waals surface area (Å²) in [6.07, 6.45) is 6.70. The quantitative estimate of drug-likeness (QED) is 0.896. The van der Waals surface area contributed by atoms with Gasteiger partial charge in [0.1, 0.15) is 6.33 Å². The van der Waals surface area contributed by atoms with E-state index in [2.05, 4.69) is 4.98 Å². The smallest absolute Gasteiger partial charge is 0.261 e. The van der Waals surface area contributed by atoms with Crippen molar-refractivity contribution in [1.29, 1.82) is 0 Å². The van der Waals surface area contributed by atoms with E-state index in [-0.39, 0.29) is 5.56 Å². The van der Waals surface area contributed by atoms with Crippen molar-refractivity contribution in [2.24, 2.45) is 11.7 Å². The van der Waals surface area contributed by atoms with Crippen LogP contribution >= 0.6 is 23.2 Å². The average molecular weight is 366 g/mol. The SMILES string of the molecule is Cc1c(CC2CCC(N)CC2)ncn(-c2cccc(Cl)c2Cl)c1=O. The number of hydrogen-bond acceptors (Lipinski definition) is 3. The maximum absolute atomic E-state index is 12.7. The van der Waals surface area contributed by atoms with E-state index in [1.54, 1.807) is 24.5 Å². The predicted molar refractivity (Wildman–Crippen MR) is 98.2 cm³/mol. The van der Waals surface area contributed by atoms with Crippen molar-refractivity contribution in [2.75, 3.05) is 0 Å². The van der Waals surface area contributed by atoms with E-state index in [9.17, 15) is 4.79 Å². The largest absolute Gasteiger partial charge is 0.328 e. The highest BCUT2D eigenvalue weighted by atomic mass is 35.5. The molecule has 3 rings (SSSR count). The lowest BCUT2D eigenvalue weighted by atomic mass is 9.83. The molecular formula is C18H21Cl2N3O. The van der Waals surface area contributed by atoms with Gasteiger partial charge in [-0.2, -0.15) is 0 Å². The maximum atomic E-state index is 12.7. The minimum Gasteiger partial charge on any atom is -0.328 e. The Kier molecular flexibility index (Phi) is 5.28. The Morgan fingerprint density at radius 3 is 2.67 bits per heavy atom. The van der Waals surface area contributed by atoms with Crippen LogP contribution in [-0.4, -0.2) is 15.6 Å². The van der Waals surface area contributed by atoms with Gasteiger partial charge in [0, 0.05) is 11.6 Å². The van der Waals surface area contributed by atoms with Gasteiger partial charge in [0.05, 0.1) is 21.4 Å². The first-order valence-electron chi connectivity index (χ1n) is 8.24. The first-order valence-corrected chi connectivity index (χ1v) is 9.00. The molecule has 4 nitrogen and oxygen atoms in total. The fraction of sp³-hybridized carbons (Fsp3) is 0.444. The van der Waals surface area contributed by atoms with Crippen molar-refractivity contribution in [3.63, 3.8) is 0 Å². The molecule has 0 radical (unpaired) electrons. The molecule has 24 heavy (non-hydrogen) atoms. The molecule has 2 N–H and O–H groups in total. The zero-order valence-electron chi connectivity index (χ0n) is 13.6. The molecule has 0 aliphatic heterocycles. The molecule has 0 amide bonds. The van der Waals surface area contributed by atoms with E-state index in [4.69, 9.17) is 28.9 Å². The molecule has 1 aromatic carbocycles. The van der Waals surface area contributed by atoms with E-state index < -0.39 is 0 Å². The van der Waals surface area contributed by atoms with Crippen LogP contribution in [0, 0.1) is 12.8 Å². The molecule has 0 bridgehead atoms. The zero-order valence-corrected chi connectivity index (χ0v) is 15.1. The van der Waals surface area contributed by atoms with Crippen LogP contribution in [0.25, 0.3) is 5.69 Å². The summed E-state index contributed by atoms with van der Waals surface area (Å²) in [5.74, 6) is 0.556. The Bertz CT molecular complexity index is 795. The van der Waals surface area contributed by atoms with Crippen LogP contribution in [0.2, 0.25) is 10.0 Å². The number of rotatable bonds is 3. The molecule has 1 aliphatic rings. The Morgan fingerprint density at radius 1 is 1.25 bits per heavy atom. The molecule has 1 aromatic heterocycles. The van der Waals surface area contributed by atoms with Crippen LogP contribution in [0.15, 0.2) is 29.3 Å². The summed E-state index contributed by atoms with van der Waals surface area (Å²) in [6.45, 7) is 1.83. The third-order valence-corrected chi connectivity index (χ3v) is 5.67. The van der Waals surface area contributed by atoms with Gasteiger partial charge in [-0.25, -0.2) is 4.98 Å². The third kappa shape index (κ3) is 3.51. The molecule has 6 heteroatoms. The fourth-order valence-electron chi connectivity index (χ4n) is 3.30. The highest BCUT2D eigenvalue weighted by Gasteiger charge is 2.21. The third-order valence-electron chi connectivity index (χ3n) is 4.87. The summed E-state index contributed by atoms with van der Waals surface area (Å²) < 4.78 is 1.46. The number of aromatic nitrogens is 2. The Hall–Kier alpha value is -1.36. The lowest BCUT2D eigenvalue weighted by Crippen LogP contribution is -2.29. The van der Waals surface area contributed by atoms with Crippen LogP contribution in [0.5, 0.6) is 0 Å². The molecule has 0 atom stereocenters. The highest BCUT2D eigenvalue weighted by molar-refractivity contribution is 6.43. The van der Waals surface area contributed by atoms with Gasteiger partial charge in [0.15, 0.2) is 0 Å². The van der Waals surface area contributed by atoms with E-state index in [0.29, 0.717) is 33.3 Å². The molecule has 128 valence electrons. The fourth-order valence-corrected chi connectivity index (χ4v) is 3.69. The van der Waals surface area contributed by atoms with Crippen LogP contribution in [0.1, 0.15) is 36.9 Å². The molecule has 1 fully saturated rings. The lowest BCUT2D eigenvalue weighted by Gasteiger charge is -2.26. The van der Waals surface area contributed by atoms with Gasteiger partial charge in [-0.15, -0.1) is 0 Å². The lowest BCUT2D eigenvalue weighted by molar-refractivity contribution is 0.322. The van der Waals surface area contributed by atoms with E-state index in [1.807, 2.05) is 6.92 Å². The second kappa shape index (κ2) is 7.26. The van der Waals surface area contributed by atoms with Gasteiger partial charge in [0.2, 0.25) is 0 Å². The minimum absolute atomic E-state index is 0.100. The molecule has 1 heterocycles. The van der Waals surface area contributed by atoms with E-state index in [1.165, 1.54) is 4.57 Å². The summed E-state index contributed by atoms with van der Waals surface area (Å²) in [6, 6.07) is 5.55. The normalized spacial score (nSPS) is 21.0. The van der Waals surface area contributed by atoms with Gasteiger partial charge in [0.25, 0.3) is 5.56 Å². The van der Waals surface area contributed by atoms with E-state index in [0.717, 1.165) is 37.8 Å². The van der Waals surface area contributed by atoms with Crippen molar-refractivity contribution in [3.8, 4) is 5.69 Å². The summed E-state index contributed by atoms with van der Waals surface area (Å²) >= 11 is 12.3. The monoisotopic (exact) mass is 365 g/mol. The van der Waals surface area contributed by atoms with Crippen LogP contribution in [0.4, 0.5) is 0 Å². The summed E-state index contributed by atoms with van der Waals surface area (Å²) in [5, 5.41) is 0.776. The first kappa shape index (κ1) is 17.5. The first-order chi connectivity index (χ1) is 11.5. The topological polar surface area (TPSA) is 60.9 Å². The molecule has 2 aromatic rings. The molecule has 0 unspecified atom stereocenters. The van der Waals surface area contributed by atoms with Crippen LogP contribution < -0.4 is 11.3 Å². The number of nitrogens with zero attached hydrogens (tertiary/aromatic N) is 2. The molecular weight excluding hydrogens is 345 g/mol. The van der Waals surface area contributed by atoms with Crippen molar-refractivity contribution in [1.82, 2.24) is 9.55 Å². The Labute approximate surface area is 151 Å². The highest BCUT2D eigenvalue weighted by Crippen LogP contribution is 2.28. The molecule has 1 aliphatic carbocycles. The van der Waals surface area contributed by atoms with Crippen LogP contribution in [0.3, 0.4) is 0 Å². The second-order valence-electron chi connectivity index (χ2n) is 6.55. The number of halogens is 2. The van der Waals surface area contributed by atoms with Gasteiger partial charge in [-0.05, 0) is 57.1 Å². The van der Waals surface area contributed by atoms with Crippen molar-refractivity contribution in [3.05, 3.63) is 56.2 Å². The zero-order chi connectivity index (χ0) is 17.3. The average Bonchev–Trinajstić information content (AvgIpc) is 2.57. The summed E-state index contributed by atoms with van der Waals surface area (Å²) in [5.41, 5.74) is 7.96. The number of benzene rings is 1. The van der Waals surface area contributed by atoms with Crippen LogP contribution in [-0.2, 0) is 6.42 Å². The number of nitrogens with two attached hydrogens (primary N) is 1. The second-order valence-corrected chi connectivity index (χ2v) is 7.33. The van der Waals surface area contributed by atoms with Crippen molar-refractivity contribution >= 4 is 23.2 Å². The Morgan fingerprint density at radius 2 is 1.96 bits per heavy atom. The predicted octanol–water partition coefficient (Wildman–Crippen LogP) is 3.91.